The van der Waals surface area contributed by atoms with E-state index in [1.165, 1.54) is 11.6 Å². The number of nitrogens with one attached hydrogen (secondary N) is 1. The molecule has 8 heteroatoms. The van der Waals surface area contributed by atoms with Crippen molar-refractivity contribution in [2.24, 2.45) is 11.7 Å². The minimum absolute atomic E-state index is 0.123. The average molecular weight is 448 g/mol. The molecule has 0 atom stereocenters. The first-order valence-electron chi connectivity index (χ1n) is 11.3. The Balaban J connectivity index is 1.56. The van der Waals surface area contributed by atoms with Gasteiger partial charge >= 0.3 is 5.69 Å². The Labute approximate surface area is 189 Å². The average Bonchev–Trinajstić information content (AvgIpc) is 3.54. The number of nitrogens with two attached hydrogens (primary N) is 1. The Morgan fingerprint density at radius 2 is 1.76 bits per heavy atom. The molecule has 0 spiro atoms. The number of aromatic nitrogens is 4. The van der Waals surface area contributed by atoms with Crippen molar-refractivity contribution in [3.8, 4) is 0 Å². The highest BCUT2D eigenvalue weighted by molar-refractivity contribution is 5.70. The highest BCUT2D eigenvalue weighted by Gasteiger charge is 2.26. The van der Waals surface area contributed by atoms with Gasteiger partial charge in [-0.05, 0) is 48.9 Å². The van der Waals surface area contributed by atoms with Crippen molar-refractivity contribution in [3.63, 3.8) is 0 Å². The highest BCUT2D eigenvalue weighted by atomic mass is 19.1. The Hall–Kier alpha value is -3.52. The van der Waals surface area contributed by atoms with Crippen LogP contribution in [-0.4, -0.2) is 25.6 Å². The number of imidazole rings is 1. The number of H-pyrrole nitrogens is 1. The number of benzene rings is 2. The molecule has 1 aliphatic carbocycles. The third-order valence-electron chi connectivity index (χ3n) is 6.16. The van der Waals surface area contributed by atoms with Crippen molar-refractivity contribution in [2.45, 2.75) is 38.8 Å². The second kappa shape index (κ2) is 8.78. The van der Waals surface area contributed by atoms with E-state index in [1.54, 1.807) is 22.8 Å². The fourth-order valence-corrected chi connectivity index (χ4v) is 4.14. The van der Waals surface area contributed by atoms with Gasteiger partial charge in [0.15, 0.2) is 5.65 Å². The molecule has 5 rings (SSSR count). The molecular formula is C25H26FN5O2. The van der Waals surface area contributed by atoms with Crippen LogP contribution in [0.5, 0.6) is 0 Å². The zero-order chi connectivity index (χ0) is 22.9. The Morgan fingerprint density at radius 1 is 1.03 bits per heavy atom. The van der Waals surface area contributed by atoms with Gasteiger partial charge in [-0.2, -0.15) is 0 Å². The van der Waals surface area contributed by atoms with Crippen LogP contribution in [0.1, 0.15) is 35.4 Å². The maximum atomic E-state index is 14.2. The maximum absolute atomic E-state index is 14.2. The molecular weight excluding hydrogens is 421 g/mol. The molecule has 4 aromatic rings. The summed E-state index contributed by atoms with van der Waals surface area (Å²) in [7, 11) is 0. The van der Waals surface area contributed by atoms with Crippen LogP contribution in [0.15, 0.2) is 58.1 Å². The van der Waals surface area contributed by atoms with Crippen LogP contribution in [0.25, 0.3) is 11.2 Å². The standard InChI is InChI=1S/C25H26FN5O2/c26-20-4-2-1-3-19(20)15-31-24(32)22-23(30(25(31)33)14-18-9-10-18)29-21(28-22)13-17-7-5-16(6-8-17)11-12-27/h1-8,18H,9-15,27H2,(H,28,29). The Bertz CT molecular complexity index is 1410. The summed E-state index contributed by atoms with van der Waals surface area (Å²) >= 11 is 0. The SMILES string of the molecule is NCCc1ccc(Cc2nc3c([nH]2)c(=O)n(Cc2ccccc2F)c(=O)n3CC2CC2)cc1. The van der Waals surface area contributed by atoms with Gasteiger partial charge in [0, 0.05) is 18.5 Å². The molecule has 0 saturated heterocycles. The summed E-state index contributed by atoms with van der Waals surface area (Å²) in [6.07, 6.45) is 3.42. The van der Waals surface area contributed by atoms with Gasteiger partial charge in [-0.15, -0.1) is 0 Å². The quantitative estimate of drug-likeness (QED) is 0.434. The minimum atomic E-state index is -0.484. The minimum Gasteiger partial charge on any atom is -0.336 e. The predicted molar refractivity (Wildman–Crippen MR) is 125 cm³/mol. The second-order valence-corrected chi connectivity index (χ2v) is 8.73. The van der Waals surface area contributed by atoms with Crippen molar-refractivity contribution in [2.75, 3.05) is 6.54 Å². The van der Waals surface area contributed by atoms with E-state index >= 15 is 0 Å². The highest BCUT2D eigenvalue weighted by Crippen LogP contribution is 2.30. The van der Waals surface area contributed by atoms with E-state index in [4.69, 9.17) is 5.73 Å². The summed E-state index contributed by atoms with van der Waals surface area (Å²) in [5.74, 6) is 0.572. The van der Waals surface area contributed by atoms with Crippen molar-refractivity contribution in [1.82, 2.24) is 19.1 Å². The van der Waals surface area contributed by atoms with Crippen LogP contribution in [0.4, 0.5) is 4.39 Å². The van der Waals surface area contributed by atoms with E-state index in [0.717, 1.165) is 29.4 Å². The summed E-state index contributed by atoms with van der Waals surface area (Å²) in [5, 5.41) is 0. The molecule has 1 aliphatic rings. The fraction of sp³-hybridized carbons (Fsp3) is 0.320. The van der Waals surface area contributed by atoms with Gasteiger partial charge in [-0.1, -0.05) is 42.5 Å². The molecule has 0 aliphatic heterocycles. The van der Waals surface area contributed by atoms with Gasteiger partial charge in [-0.3, -0.25) is 13.9 Å². The van der Waals surface area contributed by atoms with Gasteiger partial charge in [0.25, 0.3) is 5.56 Å². The zero-order valence-corrected chi connectivity index (χ0v) is 18.3. The van der Waals surface area contributed by atoms with Gasteiger partial charge in [-0.25, -0.2) is 14.2 Å². The largest absolute Gasteiger partial charge is 0.336 e. The van der Waals surface area contributed by atoms with E-state index in [2.05, 4.69) is 9.97 Å². The van der Waals surface area contributed by atoms with E-state index < -0.39 is 17.1 Å². The molecule has 0 radical (unpaired) electrons. The molecule has 0 bridgehead atoms. The van der Waals surface area contributed by atoms with E-state index in [-0.39, 0.29) is 12.1 Å². The number of nitrogens with zero attached hydrogens (tertiary/aromatic N) is 3. The molecule has 1 fully saturated rings. The molecule has 7 nitrogen and oxygen atoms in total. The smallest absolute Gasteiger partial charge is 0.333 e. The molecule has 2 aromatic carbocycles. The second-order valence-electron chi connectivity index (χ2n) is 8.73. The third kappa shape index (κ3) is 4.39. The molecule has 33 heavy (non-hydrogen) atoms. The molecule has 2 aromatic heterocycles. The molecule has 0 amide bonds. The number of hydrogen-bond acceptors (Lipinski definition) is 4. The Morgan fingerprint density at radius 3 is 2.45 bits per heavy atom. The number of aromatic amines is 1. The normalized spacial score (nSPS) is 13.6. The lowest BCUT2D eigenvalue weighted by atomic mass is 10.1. The van der Waals surface area contributed by atoms with Crippen LogP contribution in [0.2, 0.25) is 0 Å². The monoisotopic (exact) mass is 447 g/mol. The molecule has 1 saturated carbocycles. The first-order chi connectivity index (χ1) is 16.0. The number of rotatable bonds is 8. The molecule has 0 unspecified atom stereocenters. The molecule has 3 N–H and O–H groups in total. The van der Waals surface area contributed by atoms with Gasteiger partial charge in [0.2, 0.25) is 0 Å². The molecule has 2 heterocycles. The van der Waals surface area contributed by atoms with Gasteiger partial charge in [0.1, 0.15) is 17.2 Å². The number of halogens is 1. The van der Waals surface area contributed by atoms with E-state index in [0.29, 0.717) is 42.5 Å². The van der Waals surface area contributed by atoms with Crippen LogP contribution in [0.3, 0.4) is 0 Å². The first kappa shape index (κ1) is 21.3. The first-order valence-corrected chi connectivity index (χ1v) is 11.3. The van der Waals surface area contributed by atoms with E-state index in [9.17, 15) is 14.0 Å². The van der Waals surface area contributed by atoms with Crippen molar-refractivity contribution in [1.29, 1.82) is 0 Å². The molecule has 170 valence electrons. The lowest BCUT2D eigenvalue weighted by Crippen LogP contribution is -2.40. The predicted octanol–water partition coefficient (Wildman–Crippen LogP) is 2.58. The number of hydrogen-bond donors (Lipinski definition) is 2. The third-order valence-corrected chi connectivity index (χ3v) is 6.16. The van der Waals surface area contributed by atoms with Crippen molar-refractivity contribution < 1.29 is 4.39 Å². The fourth-order valence-electron chi connectivity index (χ4n) is 4.14. The van der Waals surface area contributed by atoms with Crippen LogP contribution < -0.4 is 17.0 Å². The lowest BCUT2D eigenvalue weighted by molar-refractivity contribution is 0.548. The summed E-state index contributed by atoms with van der Waals surface area (Å²) in [5.41, 5.74) is 7.84. The van der Waals surface area contributed by atoms with Crippen LogP contribution in [0, 0.1) is 11.7 Å². The maximum Gasteiger partial charge on any atom is 0.333 e. The van der Waals surface area contributed by atoms with Crippen molar-refractivity contribution >= 4 is 11.2 Å². The van der Waals surface area contributed by atoms with Gasteiger partial charge in [0.05, 0.1) is 6.54 Å². The topological polar surface area (TPSA) is 98.7 Å². The summed E-state index contributed by atoms with van der Waals surface area (Å²) in [4.78, 5) is 34.3. The summed E-state index contributed by atoms with van der Waals surface area (Å²) in [6.45, 7) is 0.980. The van der Waals surface area contributed by atoms with E-state index in [1.807, 2.05) is 24.3 Å². The van der Waals surface area contributed by atoms with Crippen molar-refractivity contribution in [3.05, 3.63) is 97.7 Å². The van der Waals surface area contributed by atoms with Crippen LogP contribution in [-0.2, 0) is 25.9 Å². The van der Waals surface area contributed by atoms with Gasteiger partial charge < -0.3 is 10.7 Å². The van der Waals surface area contributed by atoms with Crippen LogP contribution >= 0.6 is 0 Å². The Kier molecular flexibility index (Phi) is 5.68. The summed E-state index contributed by atoms with van der Waals surface area (Å²) < 4.78 is 16.9. The lowest BCUT2D eigenvalue weighted by Gasteiger charge is -2.11. The summed E-state index contributed by atoms with van der Waals surface area (Å²) in [6, 6.07) is 14.3. The number of fused-ring (bicyclic) bond motifs is 1. The zero-order valence-electron chi connectivity index (χ0n) is 18.3.